The van der Waals surface area contributed by atoms with Crippen LogP contribution >= 0.6 is 0 Å². The normalized spacial score (nSPS) is 22.3. The number of allylic oxidation sites excluding steroid dienone is 8. The first-order chi connectivity index (χ1) is 26.3. The van der Waals surface area contributed by atoms with Crippen LogP contribution in [0.2, 0.25) is 0 Å². The minimum absolute atomic E-state index is 0.107. The molecule has 2 fully saturated rings. The average Bonchev–Trinajstić information content (AvgIpc) is 4.08. The van der Waals surface area contributed by atoms with Crippen LogP contribution in [0.5, 0.6) is 0 Å². The van der Waals surface area contributed by atoms with Crippen molar-refractivity contribution in [1.29, 1.82) is 0 Å². The first-order valence-electron chi connectivity index (χ1n) is 18.4. The molecule has 0 radical (unpaired) electrons. The van der Waals surface area contributed by atoms with Gasteiger partial charge in [-0.3, -0.25) is 9.80 Å². The molecule has 2 aromatic carbocycles. The number of ether oxygens (including phenoxy) is 2. The van der Waals surface area contributed by atoms with Crippen LogP contribution in [0.15, 0.2) is 138 Å². The molecule has 2 atom stereocenters. The van der Waals surface area contributed by atoms with Gasteiger partial charge in [-0.1, -0.05) is 60.7 Å². The Hall–Kier alpha value is -6.11. The Morgan fingerprint density at radius 2 is 1.07 bits per heavy atom. The number of fused-ring (bicyclic) bond motifs is 4. The largest absolute Gasteiger partial charge is 0.445 e. The molecule has 2 saturated heterocycles. The van der Waals surface area contributed by atoms with E-state index in [0.29, 0.717) is 61.8 Å². The third kappa shape index (κ3) is 5.01. The lowest BCUT2D eigenvalue weighted by molar-refractivity contribution is -0.131. The van der Waals surface area contributed by atoms with Gasteiger partial charge < -0.3 is 9.47 Å². The summed E-state index contributed by atoms with van der Waals surface area (Å²) in [7, 11) is 1.78. The Kier molecular flexibility index (Phi) is 8.16. The van der Waals surface area contributed by atoms with Crippen molar-refractivity contribution in [3.05, 3.63) is 149 Å². The Morgan fingerprint density at radius 3 is 1.52 bits per heavy atom. The van der Waals surface area contributed by atoms with Gasteiger partial charge in [0.25, 0.3) is 5.82 Å². The van der Waals surface area contributed by atoms with Crippen LogP contribution in [0.3, 0.4) is 0 Å². The second-order valence-corrected chi connectivity index (χ2v) is 14.3. The monoisotopic (exact) mass is 724 g/mol. The molecular weight excluding hydrogens is 684 g/mol. The molecule has 0 N–H and O–H groups in total. The molecule has 3 aromatic rings. The van der Waals surface area contributed by atoms with Crippen molar-refractivity contribution in [2.45, 2.75) is 51.0 Å². The van der Waals surface area contributed by atoms with Gasteiger partial charge in [0.05, 0.1) is 0 Å². The molecule has 7 heterocycles. The Balaban J connectivity index is 1.04. The Bertz CT molecular complexity index is 2220. The maximum Gasteiger partial charge on any atom is 0.410 e. The summed E-state index contributed by atoms with van der Waals surface area (Å²) in [6, 6.07) is 19.3. The number of hydrogen-bond acceptors (Lipinski definition) is 7. The SMILES string of the molecule is Cn1nc([N+]2(C(=O)[C@@H]3CCCN3C(=O)OCc3ccccc3)C3=CC=C2C=C3)cc1[N+]1(C(=O)[C@@H]2CCCN2C(=O)OCc2ccccc2)C2=CC=C1C=C2. The molecule has 12 nitrogen and oxygen atoms in total. The molecule has 4 bridgehead atoms. The molecule has 9 rings (SSSR count). The van der Waals surface area contributed by atoms with Gasteiger partial charge in [-0.25, -0.2) is 23.9 Å². The van der Waals surface area contributed by atoms with E-state index in [1.807, 2.05) is 115 Å². The van der Waals surface area contributed by atoms with Crippen LogP contribution in [0.1, 0.15) is 36.8 Å². The molecule has 4 amide bonds. The number of hydrogen-bond donors (Lipinski definition) is 0. The summed E-state index contributed by atoms with van der Waals surface area (Å²) < 4.78 is 12.5. The van der Waals surface area contributed by atoms with Crippen LogP contribution in [-0.2, 0) is 39.3 Å². The molecule has 6 aliphatic heterocycles. The van der Waals surface area contributed by atoms with Crippen molar-refractivity contribution in [3.63, 3.8) is 0 Å². The fourth-order valence-corrected chi connectivity index (χ4v) is 8.82. The fraction of sp³-hybridized carbons (Fsp3) is 0.262. The highest BCUT2D eigenvalue weighted by Crippen LogP contribution is 2.51. The predicted octanol–water partition coefficient (Wildman–Crippen LogP) is 6.39. The van der Waals surface area contributed by atoms with E-state index in [9.17, 15) is 9.59 Å². The Morgan fingerprint density at radius 1 is 0.648 bits per heavy atom. The van der Waals surface area contributed by atoms with Crippen LogP contribution in [0, 0.1) is 0 Å². The fourth-order valence-electron chi connectivity index (χ4n) is 8.82. The van der Waals surface area contributed by atoms with Gasteiger partial charge >= 0.3 is 24.0 Å². The zero-order valence-corrected chi connectivity index (χ0v) is 29.9. The van der Waals surface area contributed by atoms with Crippen LogP contribution in [0.25, 0.3) is 0 Å². The van der Waals surface area contributed by atoms with Gasteiger partial charge in [0, 0.05) is 68.7 Å². The third-order valence-corrected chi connectivity index (χ3v) is 11.4. The number of amides is 4. The average molecular weight is 725 g/mol. The number of aryl methyl sites for hydroxylation is 1. The number of benzene rings is 2. The quantitative estimate of drug-likeness (QED) is 0.248. The van der Waals surface area contributed by atoms with Crippen molar-refractivity contribution in [3.8, 4) is 0 Å². The lowest BCUT2D eigenvalue weighted by atomic mass is 10.1. The van der Waals surface area contributed by atoms with E-state index < -0.39 is 24.3 Å². The number of rotatable bonds is 8. The van der Waals surface area contributed by atoms with Gasteiger partial charge in [0.1, 0.15) is 19.3 Å². The molecule has 54 heavy (non-hydrogen) atoms. The predicted molar refractivity (Wildman–Crippen MR) is 200 cm³/mol. The zero-order valence-electron chi connectivity index (χ0n) is 29.9. The first-order valence-corrected chi connectivity index (χ1v) is 18.4. The summed E-state index contributed by atoms with van der Waals surface area (Å²) in [6.45, 7) is 1.02. The lowest BCUT2D eigenvalue weighted by Crippen LogP contribution is -2.58. The highest BCUT2D eigenvalue weighted by molar-refractivity contribution is 6.04. The van der Waals surface area contributed by atoms with E-state index in [1.54, 1.807) is 16.6 Å². The first kappa shape index (κ1) is 33.7. The maximum atomic E-state index is 15.1. The smallest absolute Gasteiger partial charge is 0.410 e. The summed E-state index contributed by atoms with van der Waals surface area (Å²) in [4.78, 5) is 60.3. The summed E-state index contributed by atoms with van der Waals surface area (Å²) in [5, 5.41) is 5.01. The molecule has 0 spiro atoms. The van der Waals surface area contributed by atoms with Crippen molar-refractivity contribution in [2.75, 3.05) is 13.1 Å². The molecule has 1 aromatic heterocycles. The van der Waals surface area contributed by atoms with Crippen LogP contribution < -0.4 is 8.97 Å². The Labute approximate surface area is 312 Å². The summed E-state index contributed by atoms with van der Waals surface area (Å²) in [5.41, 5.74) is 4.62. The van der Waals surface area contributed by atoms with E-state index in [2.05, 4.69) is 0 Å². The summed E-state index contributed by atoms with van der Waals surface area (Å²) in [6.07, 6.45) is 16.6. The second kappa shape index (κ2) is 13.1. The van der Waals surface area contributed by atoms with Gasteiger partial charge in [0.15, 0.2) is 34.9 Å². The van der Waals surface area contributed by atoms with Gasteiger partial charge in [-0.15, -0.1) is 14.1 Å². The topological polar surface area (TPSA) is 111 Å². The van der Waals surface area contributed by atoms with Gasteiger partial charge in [0.2, 0.25) is 5.82 Å². The number of likely N-dealkylation sites (tertiary alicyclic amines) is 2. The van der Waals surface area contributed by atoms with Crippen LogP contribution in [0.4, 0.5) is 21.2 Å². The highest BCUT2D eigenvalue weighted by atomic mass is 16.6. The highest BCUT2D eigenvalue weighted by Gasteiger charge is 2.62. The minimum Gasteiger partial charge on any atom is -0.445 e. The molecule has 0 unspecified atom stereocenters. The van der Waals surface area contributed by atoms with Gasteiger partial charge in [-0.2, -0.15) is 0 Å². The molecular formula is C42H40N6O6+2. The van der Waals surface area contributed by atoms with E-state index in [4.69, 9.17) is 14.6 Å². The third-order valence-electron chi connectivity index (χ3n) is 11.4. The van der Waals surface area contributed by atoms with Crippen molar-refractivity contribution >= 4 is 35.6 Å². The van der Waals surface area contributed by atoms with E-state index >= 15 is 9.59 Å². The molecule has 272 valence electrons. The summed E-state index contributed by atoms with van der Waals surface area (Å²) in [5.74, 6) is 0.560. The zero-order chi connectivity index (χ0) is 37.0. The number of quaternary nitrogens is 2. The van der Waals surface area contributed by atoms with Crippen molar-refractivity contribution in [2.24, 2.45) is 7.05 Å². The molecule has 0 aliphatic carbocycles. The van der Waals surface area contributed by atoms with E-state index in [0.717, 1.165) is 22.5 Å². The second-order valence-electron chi connectivity index (χ2n) is 14.3. The standard InChI is InChI=1S/C42H40N6O6/c1-44-38(48(33-20-21-34(48)23-22-33)40(50)36-15-9-25-46(36)42(52)54-28-30-12-6-3-7-13-30)26-37(43-44)47(31-16-17-32(47)19-18-31)39(49)35-14-8-24-45(35)41(51)53-27-29-10-4-2-5-11-29/h2-7,10-13,16-23,26,35-36H,8-9,14-15,24-25,27-28H2,1H3/q+2/t35-,36-/m0/s1. The lowest BCUT2D eigenvalue weighted by Gasteiger charge is -2.34. The summed E-state index contributed by atoms with van der Waals surface area (Å²) >= 11 is 0. The number of carbonyl (C=O) groups is 4. The minimum atomic E-state index is -0.752. The number of carbonyl (C=O) groups excluding carboxylic acids is 4. The van der Waals surface area contributed by atoms with Crippen LogP contribution in [-0.4, -0.2) is 68.8 Å². The molecule has 12 heteroatoms. The maximum absolute atomic E-state index is 15.1. The molecule has 0 saturated carbocycles. The van der Waals surface area contributed by atoms with Gasteiger partial charge in [-0.05, 0) is 36.8 Å². The van der Waals surface area contributed by atoms with E-state index in [-0.39, 0.29) is 34.0 Å². The van der Waals surface area contributed by atoms with Crippen molar-refractivity contribution in [1.82, 2.24) is 28.5 Å². The molecule has 6 aliphatic rings. The van der Waals surface area contributed by atoms with Crippen molar-refractivity contribution < 1.29 is 28.7 Å². The van der Waals surface area contributed by atoms with E-state index in [1.165, 1.54) is 4.90 Å². The number of aromatic nitrogens is 2. The number of nitrogens with zero attached hydrogens (tertiary/aromatic N) is 6.